The highest BCUT2D eigenvalue weighted by Gasteiger charge is 2.34. The van der Waals surface area contributed by atoms with E-state index in [0.717, 1.165) is 6.54 Å². The molecule has 0 bridgehead atoms. The number of hydrogen-bond acceptors (Lipinski definition) is 2. The van der Waals surface area contributed by atoms with Crippen molar-refractivity contribution in [1.82, 2.24) is 5.32 Å². The van der Waals surface area contributed by atoms with Gasteiger partial charge in [-0.05, 0) is 52.3 Å². The first kappa shape index (κ1) is 12.4. The first-order chi connectivity index (χ1) is 8.04. The third-order valence-electron chi connectivity index (χ3n) is 3.99. The number of para-hydroxylation sites is 1. The second-order valence-corrected chi connectivity index (χ2v) is 5.73. The number of piperidine rings is 1. The van der Waals surface area contributed by atoms with Crippen LogP contribution in [0.4, 0.5) is 5.69 Å². The topological polar surface area (TPSA) is 15.3 Å². The van der Waals surface area contributed by atoms with E-state index in [9.17, 15) is 0 Å². The second-order valence-electron chi connectivity index (χ2n) is 5.73. The van der Waals surface area contributed by atoms with Gasteiger partial charge in [-0.15, -0.1) is 0 Å². The van der Waals surface area contributed by atoms with Gasteiger partial charge in [0.2, 0.25) is 0 Å². The molecule has 0 aliphatic carbocycles. The Balaban J connectivity index is 2.25. The Labute approximate surface area is 105 Å². The molecule has 1 aliphatic rings. The van der Waals surface area contributed by atoms with Crippen LogP contribution in [0.3, 0.4) is 0 Å². The van der Waals surface area contributed by atoms with Gasteiger partial charge in [0.05, 0.1) is 0 Å². The molecule has 1 N–H and O–H groups in total. The van der Waals surface area contributed by atoms with Crippen LogP contribution in [0.5, 0.6) is 0 Å². The number of nitrogens with one attached hydrogen (secondary N) is 1. The van der Waals surface area contributed by atoms with Gasteiger partial charge in [-0.1, -0.05) is 18.2 Å². The van der Waals surface area contributed by atoms with Crippen LogP contribution >= 0.6 is 0 Å². The minimum Gasteiger partial charge on any atom is -0.366 e. The maximum atomic E-state index is 3.42. The Bertz CT molecular complexity index is 384. The number of nitrogens with zero attached hydrogens (tertiary/aromatic N) is 1. The van der Waals surface area contributed by atoms with Crippen LogP contribution in [0.2, 0.25) is 0 Å². The van der Waals surface area contributed by atoms with Crippen molar-refractivity contribution < 1.29 is 0 Å². The van der Waals surface area contributed by atoms with E-state index < -0.39 is 0 Å². The minimum atomic E-state index is 0.234. The average molecular weight is 232 g/mol. The fourth-order valence-corrected chi connectivity index (χ4v) is 2.96. The molecule has 2 nitrogen and oxygen atoms in total. The SMILES string of the molecule is CNC1CCN(c2ccccc2C)C(C)(C)C1. The van der Waals surface area contributed by atoms with Crippen LogP contribution in [0.25, 0.3) is 0 Å². The summed E-state index contributed by atoms with van der Waals surface area (Å²) >= 11 is 0. The van der Waals surface area contributed by atoms with E-state index >= 15 is 0 Å². The van der Waals surface area contributed by atoms with E-state index in [1.54, 1.807) is 0 Å². The number of aryl methyl sites for hydroxylation is 1. The van der Waals surface area contributed by atoms with E-state index in [-0.39, 0.29) is 5.54 Å². The third-order valence-corrected chi connectivity index (χ3v) is 3.99. The Hall–Kier alpha value is -1.02. The summed E-state index contributed by atoms with van der Waals surface area (Å²) in [4.78, 5) is 2.57. The molecule has 17 heavy (non-hydrogen) atoms. The lowest BCUT2D eigenvalue weighted by atomic mass is 9.86. The van der Waals surface area contributed by atoms with Crippen LogP contribution in [0.1, 0.15) is 32.3 Å². The number of rotatable bonds is 2. The zero-order chi connectivity index (χ0) is 12.5. The van der Waals surface area contributed by atoms with E-state index in [2.05, 4.69) is 62.3 Å². The summed E-state index contributed by atoms with van der Waals surface area (Å²) in [5.41, 5.74) is 3.01. The molecule has 1 aromatic rings. The van der Waals surface area contributed by atoms with Crippen molar-refractivity contribution in [3.8, 4) is 0 Å². The van der Waals surface area contributed by atoms with Gasteiger partial charge in [-0.2, -0.15) is 0 Å². The van der Waals surface area contributed by atoms with Gasteiger partial charge in [0.1, 0.15) is 0 Å². The molecule has 1 aliphatic heterocycles. The van der Waals surface area contributed by atoms with E-state index in [1.807, 2.05) is 0 Å². The third kappa shape index (κ3) is 2.47. The van der Waals surface area contributed by atoms with Gasteiger partial charge in [-0.25, -0.2) is 0 Å². The summed E-state index contributed by atoms with van der Waals surface area (Å²) in [6.45, 7) is 8.05. The maximum absolute atomic E-state index is 3.42. The highest BCUT2D eigenvalue weighted by molar-refractivity contribution is 5.55. The van der Waals surface area contributed by atoms with Crippen LogP contribution in [-0.2, 0) is 0 Å². The molecule has 1 heterocycles. The summed E-state index contributed by atoms with van der Waals surface area (Å²) in [7, 11) is 2.07. The highest BCUT2D eigenvalue weighted by atomic mass is 15.2. The number of anilines is 1. The predicted octanol–water partition coefficient (Wildman–Crippen LogP) is 2.96. The zero-order valence-corrected chi connectivity index (χ0v) is 11.5. The fraction of sp³-hybridized carbons (Fsp3) is 0.600. The van der Waals surface area contributed by atoms with Crippen molar-refractivity contribution in [2.45, 2.75) is 45.2 Å². The summed E-state index contributed by atoms with van der Waals surface area (Å²) in [5, 5.41) is 3.42. The summed E-state index contributed by atoms with van der Waals surface area (Å²) in [6.07, 6.45) is 2.44. The molecule has 2 heteroatoms. The molecule has 0 radical (unpaired) electrons. The van der Waals surface area contributed by atoms with Gasteiger partial charge in [0.15, 0.2) is 0 Å². The normalized spacial score (nSPS) is 23.8. The Kier molecular flexibility index (Phi) is 3.43. The first-order valence-electron chi connectivity index (χ1n) is 6.55. The Morgan fingerprint density at radius 2 is 2.00 bits per heavy atom. The Morgan fingerprint density at radius 1 is 1.29 bits per heavy atom. The van der Waals surface area contributed by atoms with Crippen LogP contribution in [0, 0.1) is 6.92 Å². The van der Waals surface area contributed by atoms with Crippen molar-refractivity contribution in [3.63, 3.8) is 0 Å². The Morgan fingerprint density at radius 3 is 2.59 bits per heavy atom. The van der Waals surface area contributed by atoms with Crippen molar-refractivity contribution >= 4 is 5.69 Å². The monoisotopic (exact) mass is 232 g/mol. The molecule has 2 rings (SSSR count). The first-order valence-corrected chi connectivity index (χ1v) is 6.55. The van der Waals surface area contributed by atoms with E-state index in [4.69, 9.17) is 0 Å². The molecule has 1 atom stereocenters. The number of hydrogen-bond donors (Lipinski definition) is 1. The summed E-state index contributed by atoms with van der Waals surface area (Å²) < 4.78 is 0. The smallest absolute Gasteiger partial charge is 0.0400 e. The standard InChI is InChI=1S/C15H24N2/c1-12-7-5-6-8-14(12)17-10-9-13(16-4)11-15(17,2)3/h5-8,13,16H,9-11H2,1-4H3. The lowest BCUT2D eigenvalue weighted by Crippen LogP contribution is -2.54. The van der Waals surface area contributed by atoms with Crippen molar-refractivity contribution in [1.29, 1.82) is 0 Å². The predicted molar refractivity (Wildman–Crippen MR) is 74.7 cm³/mol. The van der Waals surface area contributed by atoms with Gasteiger partial charge in [0, 0.05) is 23.8 Å². The highest BCUT2D eigenvalue weighted by Crippen LogP contribution is 2.34. The molecular weight excluding hydrogens is 208 g/mol. The number of benzene rings is 1. The zero-order valence-electron chi connectivity index (χ0n) is 11.5. The molecule has 0 aromatic heterocycles. The largest absolute Gasteiger partial charge is 0.366 e. The molecule has 1 saturated heterocycles. The molecule has 94 valence electrons. The lowest BCUT2D eigenvalue weighted by Gasteiger charge is -2.47. The maximum Gasteiger partial charge on any atom is 0.0400 e. The van der Waals surface area contributed by atoms with Crippen molar-refractivity contribution in [2.24, 2.45) is 0 Å². The van der Waals surface area contributed by atoms with Crippen molar-refractivity contribution in [2.75, 3.05) is 18.5 Å². The minimum absolute atomic E-state index is 0.234. The molecular formula is C15H24N2. The van der Waals surface area contributed by atoms with Crippen LogP contribution < -0.4 is 10.2 Å². The van der Waals surface area contributed by atoms with Gasteiger partial charge in [0.25, 0.3) is 0 Å². The molecule has 1 aromatic carbocycles. The average Bonchev–Trinajstić information content (AvgIpc) is 2.29. The summed E-state index contributed by atoms with van der Waals surface area (Å²) in [6, 6.07) is 9.37. The van der Waals surface area contributed by atoms with Crippen LogP contribution in [0.15, 0.2) is 24.3 Å². The molecule has 0 saturated carbocycles. The van der Waals surface area contributed by atoms with Crippen LogP contribution in [-0.4, -0.2) is 25.2 Å². The van der Waals surface area contributed by atoms with E-state index in [0.29, 0.717) is 6.04 Å². The quantitative estimate of drug-likeness (QED) is 0.843. The molecule has 1 fully saturated rings. The van der Waals surface area contributed by atoms with Gasteiger partial charge < -0.3 is 10.2 Å². The summed E-state index contributed by atoms with van der Waals surface area (Å²) in [5.74, 6) is 0. The van der Waals surface area contributed by atoms with Gasteiger partial charge in [-0.3, -0.25) is 0 Å². The fourth-order valence-electron chi connectivity index (χ4n) is 2.96. The molecule has 1 unspecified atom stereocenters. The van der Waals surface area contributed by atoms with Crippen molar-refractivity contribution in [3.05, 3.63) is 29.8 Å². The molecule has 0 amide bonds. The second kappa shape index (κ2) is 4.69. The lowest BCUT2D eigenvalue weighted by molar-refractivity contribution is 0.301. The van der Waals surface area contributed by atoms with E-state index in [1.165, 1.54) is 24.1 Å². The molecule has 0 spiro atoms. The van der Waals surface area contributed by atoms with Gasteiger partial charge >= 0.3 is 0 Å².